The maximum absolute atomic E-state index is 4.03. The number of rotatable bonds is 5. The molecule has 0 atom stereocenters. The van der Waals surface area contributed by atoms with Gasteiger partial charge in [0.05, 0.1) is 0 Å². The molecule has 0 N–H and O–H groups in total. The summed E-state index contributed by atoms with van der Waals surface area (Å²) < 4.78 is 2.21. The fourth-order valence-electron chi connectivity index (χ4n) is 7.88. The van der Waals surface area contributed by atoms with Crippen LogP contribution >= 0.6 is 31.9 Å². The smallest absolute Gasteiger partial charge is 0.0181 e. The monoisotopic (exact) mass is 788 g/mol. The maximum atomic E-state index is 4.03. The van der Waals surface area contributed by atoms with Crippen LogP contribution in [0.5, 0.6) is 0 Å². The lowest BCUT2D eigenvalue weighted by atomic mass is 9.80. The van der Waals surface area contributed by atoms with Crippen molar-refractivity contribution in [3.63, 3.8) is 0 Å². The average molecular weight is 791 g/mol. The highest BCUT2D eigenvalue weighted by atomic mass is 79.9. The first-order valence-electron chi connectivity index (χ1n) is 17.5. The Balaban J connectivity index is 0.000000163. The number of allylic oxidation sites excluding steroid dienone is 5. The molecule has 0 radical (unpaired) electrons. The maximum Gasteiger partial charge on any atom is 0.0181 e. The zero-order chi connectivity index (χ0) is 35.9. The second-order valence-corrected chi connectivity index (χ2v) is 16.3. The van der Waals surface area contributed by atoms with E-state index in [9.17, 15) is 0 Å². The number of benzene rings is 6. The van der Waals surface area contributed by atoms with Crippen LogP contribution in [-0.4, -0.2) is 0 Å². The average Bonchev–Trinajstić information content (AvgIpc) is 3.50. The third kappa shape index (κ3) is 6.45. The van der Waals surface area contributed by atoms with Crippen LogP contribution in [0.1, 0.15) is 56.9 Å². The van der Waals surface area contributed by atoms with Crippen molar-refractivity contribution in [3.8, 4) is 44.5 Å². The fraction of sp³-hybridized carbons (Fsp3) is 0.143. The van der Waals surface area contributed by atoms with Gasteiger partial charge in [-0.25, -0.2) is 0 Å². The van der Waals surface area contributed by atoms with Crippen LogP contribution in [0.25, 0.3) is 50.1 Å². The Hall–Kier alpha value is -4.50. The molecule has 0 spiro atoms. The van der Waals surface area contributed by atoms with Crippen LogP contribution in [-0.2, 0) is 10.8 Å². The zero-order valence-corrected chi connectivity index (χ0v) is 33.1. The highest BCUT2D eigenvalue weighted by Crippen LogP contribution is 2.50. The minimum absolute atomic E-state index is 0.00656. The van der Waals surface area contributed by atoms with Crippen LogP contribution < -0.4 is 0 Å². The van der Waals surface area contributed by atoms with Gasteiger partial charge in [0.2, 0.25) is 0 Å². The van der Waals surface area contributed by atoms with E-state index in [4.69, 9.17) is 0 Å². The van der Waals surface area contributed by atoms with Gasteiger partial charge in [0.1, 0.15) is 0 Å². The number of halogens is 2. The summed E-state index contributed by atoms with van der Waals surface area (Å²) in [6.07, 6.45) is 6.32. The Morgan fingerprint density at radius 3 is 1.76 bits per heavy atom. The third-order valence-electron chi connectivity index (χ3n) is 10.6. The molecule has 8 rings (SSSR count). The van der Waals surface area contributed by atoms with Gasteiger partial charge in [0, 0.05) is 19.8 Å². The quantitative estimate of drug-likeness (QED) is 0.163. The molecule has 51 heavy (non-hydrogen) atoms. The van der Waals surface area contributed by atoms with Gasteiger partial charge in [-0.3, -0.25) is 0 Å². The lowest BCUT2D eigenvalue weighted by Crippen LogP contribution is -2.16. The first-order chi connectivity index (χ1) is 24.5. The van der Waals surface area contributed by atoms with Crippen molar-refractivity contribution >= 4 is 37.4 Å². The lowest BCUT2D eigenvalue weighted by molar-refractivity contribution is 0.654. The minimum Gasteiger partial charge on any atom is -0.0984 e. The van der Waals surface area contributed by atoms with Gasteiger partial charge in [0.15, 0.2) is 0 Å². The van der Waals surface area contributed by atoms with Crippen molar-refractivity contribution < 1.29 is 0 Å². The van der Waals surface area contributed by atoms with E-state index >= 15 is 0 Å². The molecule has 252 valence electrons. The van der Waals surface area contributed by atoms with Crippen molar-refractivity contribution in [3.05, 3.63) is 195 Å². The highest BCUT2D eigenvalue weighted by molar-refractivity contribution is 9.10. The molecule has 2 aliphatic rings. The molecular formula is C49H42Br2. The van der Waals surface area contributed by atoms with Gasteiger partial charge in [-0.05, 0) is 127 Å². The lowest BCUT2D eigenvalue weighted by Gasteiger charge is -2.23. The number of hydrogen-bond acceptors (Lipinski definition) is 0. The van der Waals surface area contributed by atoms with Gasteiger partial charge >= 0.3 is 0 Å². The minimum atomic E-state index is -0.00656. The number of fused-ring (bicyclic) bond motifs is 4. The molecule has 0 bridgehead atoms. The van der Waals surface area contributed by atoms with E-state index in [2.05, 4.69) is 219 Å². The Morgan fingerprint density at radius 2 is 1.06 bits per heavy atom. The second-order valence-electron chi connectivity index (χ2n) is 14.4. The molecule has 0 aromatic heterocycles. The summed E-state index contributed by atoms with van der Waals surface area (Å²) >= 11 is 7.08. The van der Waals surface area contributed by atoms with E-state index in [1.165, 1.54) is 77.9 Å². The third-order valence-corrected chi connectivity index (χ3v) is 11.6. The van der Waals surface area contributed by atoms with Gasteiger partial charge in [-0.15, -0.1) is 0 Å². The molecule has 2 heteroatoms. The van der Waals surface area contributed by atoms with Crippen LogP contribution in [0.3, 0.4) is 0 Å². The van der Waals surface area contributed by atoms with Crippen molar-refractivity contribution in [2.45, 2.75) is 45.4 Å². The van der Waals surface area contributed by atoms with E-state index in [-0.39, 0.29) is 10.8 Å². The Bertz CT molecular complexity index is 2350. The Kier molecular flexibility index (Phi) is 9.52. The molecule has 2 aliphatic carbocycles. The molecule has 0 fully saturated rings. The zero-order valence-electron chi connectivity index (χ0n) is 29.9. The van der Waals surface area contributed by atoms with Crippen molar-refractivity contribution in [2.24, 2.45) is 0 Å². The van der Waals surface area contributed by atoms with Gasteiger partial charge in [-0.1, -0.05) is 175 Å². The first-order valence-corrected chi connectivity index (χ1v) is 19.1. The summed E-state index contributed by atoms with van der Waals surface area (Å²) in [5.74, 6) is 0. The summed E-state index contributed by atoms with van der Waals surface area (Å²) in [4.78, 5) is 0. The molecule has 0 amide bonds. The SMILES string of the molecule is C=CC1=C(/C=C\C)C(C)(C)c2cc(-c3cccc(Br)c3)ccc21.CC1(C)c2ccccc2-c2cc(-c3cccc(-c4ccc(Br)cc4)c3)ccc21. The summed E-state index contributed by atoms with van der Waals surface area (Å²) in [7, 11) is 0. The molecular weight excluding hydrogens is 748 g/mol. The molecule has 0 unspecified atom stereocenters. The van der Waals surface area contributed by atoms with Gasteiger partial charge in [-0.2, -0.15) is 0 Å². The molecule has 0 aliphatic heterocycles. The van der Waals surface area contributed by atoms with E-state index < -0.39 is 0 Å². The Labute approximate surface area is 320 Å². The van der Waals surface area contributed by atoms with Crippen molar-refractivity contribution in [2.75, 3.05) is 0 Å². The summed E-state index contributed by atoms with van der Waals surface area (Å²) in [6, 6.07) is 48.3. The van der Waals surface area contributed by atoms with E-state index in [1.807, 2.05) is 6.08 Å². The summed E-state index contributed by atoms with van der Waals surface area (Å²) in [5, 5.41) is 0. The molecule has 0 saturated carbocycles. The predicted molar refractivity (Wildman–Crippen MR) is 227 cm³/mol. The molecule has 0 saturated heterocycles. The number of hydrogen-bond donors (Lipinski definition) is 0. The normalized spacial score (nSPS) is 14.8. The molecule has 0 heterocycles. The summed E-state index contributed by atoms with van der Waals surface area (Å²) in [6.45, 7) is 15.3. The van der Waals surface area contributed by atoms with Crippen molar-refractivity contribution in [1.29, 1.82) is 0 Å². The van der Waals surface area contributed by atoms with Gasteiger partial charge in [0.25, 0.3) is 0 Å². The van der Waals surface area contributed by atoms with Crippen LogP contribution in [0, 0.1) is 0 Å². The molecule has 6 aromatic rings. The fourth-order valence-corrected chi connectivity index (χ4v) is 8.54. The standard InChI is InChI=1S/C27H21Br.C22H21Br/c1-27(2)25-9-4-3-8-23(25)24-17-21(12-15-26(24)27)20-7-5-6-19(16-20)18-10-13-22(28)14-11-18;1-5-8-20-18(6-2)19-12-11-16(14-21(19)22(20,3)4)15-9-7-10-17(23)13-15/h3-17H,1-2H3;5-14H,2H2,1,3-4H3/b;8-5-. The van der Waals surface area contributed by atoms with Crippen LogP contribution in [0.4, 0.5) is 0 Å². The largest absolute Gasteiger partial charge is 0.0984 e. The van der Waals surface area contributed by atoms with Crippen LogP contribution in [0.15, 0.2) is 173 Å². The first kappa shape index (κ1) is 34.9. The topological polar surface area (TPSA) is 0 Å². The van der Waals surface area contributed by atoms with Crippen LogP contribution in [0.2, 0.25) is 0 Å². The summed E-state index contributed by atoms with van der Waals surface area (Å²) in [5.41, 5.74) is 18.4. The molecule has 0 nitrogen and oxygen atoms in total. The van der Waals surface area contributed by atoms with E-state index in [1.54, 1.807) is 0 Å². The Morgan fingerprint density at radius 1 is 0.471 bits per heavy atom. The van der Waals surface area contributed by atoms with Crippen molar-refractivity contribution in [1.82, 2.24) is 0 Å². The predicted octanol–water partition coefficient (Wildman–Crippen LogP) is 15.0. The second kappa shape index (κ2) is 13.9. The van der Waals surface area contributed by atoms with E-state index in [0.29, 0.717) is 0 Å². The van der Waals surface area contributed by atoms with Gasteiger partial charge < -0.3 is 0 Å². The molecule has 6 aromatic carbocycles. The van der Waals surface area contributed by atoms with E-state index in [0.717, 1.165) is 8.95 Å². The highest BCUT2D eigenvalue weighted by Gasteiger charge is 2.36.